The van der Waals surface area contributed by atoms with Gasteiger partial charge in [-0.3, -0.25) is 10.1 Å². The van der Waals surface area contributed by atoms with Crippen molar-refractivity contribution in [1.29, 1.82) is 0 Å². The molecule has 25 heavy (non-hydrogen) atoms. The number of nitrogens with one attached hydrogen (secondary N) is 3. The zero-order valence-corrected chi connectivity index (χ0v) is 15.2. The van der Waals surface area contributed by atoms with Crippen LogP contribution < -0.4 is 16.0 Å². The van der Waals surface area contributed by atoms with Crippen LogP contribution in [0.2, 0.25) is 5.02 Å². The molecule has 1 saturated heterocycles. The number of carbonyl (C=O) groups excluding carboxylic acids is 2. The van der Waals surface area contributed by atoms with Gasteiger partial charge in [0.2, 0.25) is 11.0 Å². The second-order valence-corrected chi connectivity index (χ2v) is 7.06. The Bertz CT molecular complexity index is 781. The number of amides is 3. The molecule has 0 radical (unpaired) electrons. The van der Waals surface area contributed by atoms with Crippen LogP contribution in [0.25, 0.3) is 11.4 Å². The molecule has 1 fully saturated rings. The Balaban J connectivity index is 1.57. The van der Waals surface area contributed by atoms with Crippen LogP contribution >= 0.6 is 23.1 Å². The van der Waals surface area contributed by atoms with Gasteiger partial charge in [0.1, 0.15) is 0 Å². The first-order valence-corrected chi connectivity index (χ1v) is 9.11. The van der Waals surface area contributed by atoms with Crippen molar-refractivity contribution in [2.45, 2.75) is 13.3 Å². The fourth-order valence-corrected chi connectivity index (χ4v) is 3.48. The zero-order valence-electron chi connectivity index (χ0n) is 13.6. The van der Waals surface area contributed by atoms with E-state index >= 15 is 0 Å². The minimum atomic E-state index is -0.410. The van der Waals surface area contributed by atoms with Crippen LogP contribution in [0.15, 0.2) is 24.3 Å². The van der Waals surface area contributed by atoms with E-state index in [9.17, 15) is 9.59 Å². The van der Waals surface area contributed by atoms with Crippen molar-refractivity contribution in [2.24, 2.45) is 11.8 Å². The summed E-state index contributed by atoms with van der Waals surface area (Å²) in [5.41, 5.74) is 0.710. The highest BCUT2D eigenvalue weighted by Crippen LogP contribution is 2.27. The summed E-state index contributed by atoms with van der Waals surface area (Å²) in [6.07, 6.45) is 0.914. The molecule has 2 aromatic rings. The molecule has 3 rings (SSSR count). The van der Waals surface area contributed by atoms with Crippen LogP contribution in [0.4, 0.5) is 9.93 Å². The Hall–Kier alpha value is -2.19. The molecule has 2 unspecified atom stereocenters. The molecule has 0 aliphatic carbocycles. The van der Waals surface area contributed by atoms with Crippen molar-refractivity contribution in [3.63, 3.8) is 0 Å². The molecule has 2 atom stereocenters. The zero-order chi connectivity index (χ0) is 17.8. The first-order valence-electron chi connectivity index (χ1n) is 7.96. The van der Waals surface area contributed by atoms with Crippen LogP contribution in [-0.4, -0.2) is 34.4 Å². The van der Waals surface area contributed by atoms with Crippen molar-refractivity contribution in [1.82, 2.24) is 20.0 Å². The van der Waals surface area contributed by atoms with Crippen molar-refractivity contribution >= 4 is 40.2 Å². The summed E-state index contributed by atoms with van der Waals surface area (Å²) in [4.78, 5) is 28.2. The third-order valence-electron chi connectivity index (χ3n) is 4.17. The highest BCUT2D eigenvalue weighted by Gasteiger charge is 2.29. The number of rotatable bonds is 4. The van der Waals surface area contributed by atoms with Crippen molar-refractivity contribution in [3.8, 4) is 11.4 Å². The number of aromatic nitrogens is 2. The fourth-order valence-electron chi connectivity index (χ4n) is 2.68. The van der Waals surface area contributed by atoms with Gasteiger partial charge in [-0.15, -0.1) is 0 Å². The van der Waals surface area contributed by atoms with Gasteiger partial charge in [-0.25, -0.2) is 4.79 Å². The Morgan fingerprint density at radius 1 is 1.44 bits per heavy atom. The van der Waals surface area contributed by atoms with Crippen molar-refractivity contribution < 1.29 is 9.59 Å². The monoisotopic (exact) mass is 379 g/mol. The lowest BCUT2D eigenvalue weighted by Crippen LogP contribution is -2.47. The average Bonchev–Trinajstić information content (AvgIpc) is 3.03. The normalized spacial score (nSPS) is 20.0. The third-order valence-corrected chi connectivity index (χ3v) is 5.13. The molecular weight excluding hydrogens is 362 g/mol. The minimum Gasteiger partial charge on any atom is -0.356 e. The van der Waals surface area contributed by atoms with E-state index in [-0.39, 0.29) is 24.3 Å². The first-order chi connectivity index (χ1) is 12.0. The topological polar surface area (TPSA) is 96.0 Å². The van der Waals surface area contributed by atoms with Gasteiger partial charge in [-0.2, -0.15) is 9.36 Å². The lowest BCUT2D eigenvalue weighted by atomic mass is 9.87. The molecule has 1 aliphatic heterocycles. The fraction of sp³-hybridized carbons (Fsp3) is 0.375. The summed E-state index contributed by atoms with van der Waals surface area (Å²) < 4.78 is 4.21. The third kappa shape index (κ3) is 4.26. The molecule has 3 amide bonds. The molecule has 132 valence electrons. The first kappa shape index (κ1) is 17.6. The second kappa shape index (κ2) is 7.79. The number of hydrogen-bond donors (Lipinski definition) is 3. The van der Waals surface area contributed by atoms with Gasteiger partial charge in [-0.05, 0) is 24.5 Å². The Morgan fingerprint density at radius 2 is 2.24 bits per heavy atom. The standard InChI is InChI=1S/C16H18ClN5O2S/c1-9-6-7-18-14(23)11(9)8-19-15(24)21-16-20-13(22-25-16)10-4-2-3-5-12(10)17/h2-5,9,11H,6-8H2,1H3,(H,18,23)(H2,19,20,21,22,24). The summed E-state index contributed by atoms with van der Waals surface area (Å²) >= 11 is 7.20. The van der Waals surface area contributed by atoms with Gasteiger partial charge in [-0.1, -0.05) is 30.7 Å². The van der Waals surface area contributed by atoms with E-state index in [2.05, 4.69) is 25.3 Å². The molecule has 0 bridgehead atoms. The van der Waals surface area contributed by atoms with E-state index in [0.717, 1.165) is 18.0 Å². The molecule has 3 N–H and O–H groups in total. The van der Waals surface area contributed by atoms with E-state index < -0.39 is 6.03 Å². The molecule has 9 heteroatoms. The average molecular weight is 380 g/mol. The highest BCUT2D eigenvalue weighted by molar-refractivity contribution is 7.10. The number of benzene rings is 1. The van der Waals surface area contributed by atoms with Crippen LogP contribution in [0, 0.1) is 11.8 Å². The largest absolute Gasteiger partial charge is 0.356 e. The number of nitrogens with zero attached hydrogens (tertiary/aromatic N) is 2. The van der Waals surface area contributed by atoms with Crippen molar-refractivity contribution in [2.75, 3.05) is 18.4 Å². The molecule has 7 nitrogen and oxygen atoms in total. The summed E-state index contributed by atoms with van der Waals surface area (Å²) in [6.45, 7) is 3.00. The second-order valence-electron chi connectivity index (χ2n) is 5.90. The quantitative estimate of drug-likeness (QED) is 0.761. The lowest BCUT2D eigenvalue weighted by Gasteiger charge is -2.28. The Morgan fingerprint density at radius 3 is 3.00 bits per heavy atom. The molecule has 0 spiro atoms. The Labute approximate surface area is 154 Å². The SMILES string of the molecule is CC1CCNC(=O)C1CNC(=O)Nc1nc(-c2ccccc2Cl)ns1. The number of piperidine rings is 1. The molecule has 0 saturated carbocycles. The van der Waals surface area contributed by atoms with Gasteiger partial charge in [0.05, 0.1) is 10.9 Å². The highest BCUT2D eigenvalue weighted by atomic mass is 35.5. The van der Waals surface area contributed by atoms with Gasteiger partial charge < -0.3 is 10.6 Å². The van der Waals surface area contributed by atoms with Crippen LogP contribution in [0.1, 0.15) is 13.3 Å². The minimum absolute atomic E-state index is 0.0176. The van der Waals surface area contributed by atoms with Gasteiger partial charge in [0, 0.05) is 30.2 Å². The maximum absolute atomic E-state index is 12.0. The number of anilines is 1. The predicted octanol–water partition coefficient (Wildman–Crippen LogP) is 2.75. The molecular formula is C16H18ClN5O2S. The van der Waals surface area contributed by atoms with Crippen LogP contribution in [0.3, 0.4) is 0 Å². The van der Waals surface area contributed by atoms with E-state index in [0.29, 0.717) is 28.1 Å². The number of halogens is 1. The van der Waals surface area contributed by atoms with Gasteiger partial charge in [0.25, 0.3) is 0 Å². The van der Waals surface area contributed by atoms with E-state index in [1.54, 1.807) is 6.07 Å². The maximum Gasteiger partial charge on any atom is 0.321 e. The summed E-state index contributed by atoms with van der Waals surface area (Å²) in [5, 5.41) is 9.10. The van der Waals surface area contributed by atoms with Crippen molar-refractivity contribution in [3.05, 3.63) is 29.3 Å². The number of carbonyl (C=O) groups is 2. The predicted molar refractivity (Wildman–Crippen MR) is 97.7 cm³/mol. The lowest BCUT2D eigenvalue weighted by molar-refractivity contribution is -0.128. The number of urea groups is 1. The van der Waals surface area contributed by atoms with E-state index in [4.69, 9.17) is 11.6 Å². The summed E-state index contributed by atoms with van der Waals surface area (Å²) in [6, 6.07) is 6.84. The van der Waals surface area contributed by atoms with Crippen LogP contribution in [0.5, 0.6) is 0 Å². The maximum atomic E-state index is 12.0. The summed E-state index contributed by atoms with van der Waals surface area (Å²) in [7, 11) is 0. The Kier molecular flexibility index (Phi) is 5.50. The number of hydrogen-bond acceptors (Lipinski definition) is 5. The molecule has 2 heterocycles. The molecule has 1 aliphatic rings. The molecule has 1 aromatic heterocycles. The summed E-state index contributed by atoms with van der Waals surface area (Å²) in [5.74, 6) is 0.470. The smallest absolute Gasteiger partial charge is 0.321 e. The van der Waals surface area contributed by atoms with E-state index in [1.807, 2.05) is 25.1 Å². The molecule has 1 aromatic carbocycles. The van der Waals surface area contributed by atoms with Crippen LogP contribution in [-0.2, 0) is 4.79 Å². The van der Waals surface area contributed by atoms with Gasteiger partial charge >= 0.3 is 6.03 Å². The van der Waals surface area contributed by atoms with E-state index in [1.165, 1.54) is 0 Å². The van der Waals surface area contributed by atoms with Gasteiger partial charge in [0.15, 0.2) is 5.82 Å².